The van der Waals surface area contributed by atoms with E-state index in [1.165, 1.54) is 18.3 Å². The minimum Gasteiger partial charge on any atom is -0.478 e. The number of fused-ring (bicyclic) bond motifs is 1. The van der Waals surface area contributed by atoms with Gasteiger partial charge in [0, 0.05) is 0 Å². The molecule has 1 aromatic carbocycles. The molecule has 0 atom stereocenters. The van der Waals surface area contributed by atoms with Crippen molar-refractivity contribution < 1.29 is 14.3 Å². The number of carboxylic acid groups (broad SMARTS) is 1. The lowest BCUT2D eigenvalue weighted by Gasteiger charge is -1.96. The number of carbonyl (C=O) groups is 1. The molecule has 0 aliphatic carbocycles. The number of halogens is 1. The van der Waals surface area contributed by atoms with E-state index in [2.05, 4.69) is 10.2 Å². The van der Waals surface area contributed by atoms with E-state index in [1.807, 2.05) is 0 Å². The molecule has 13 heavy (non-hydrogen) atoms. The maximum atomic E-state index is 13.3. The normalized spacial score (nSPS) is 10.5. The second-order valence-corrected chi connectivity index (χ2v) is 2.56. The van der Waals surface area contributed by atoms with Gasteiger partial charge in [-0.3, -0.25) is 5.10 Å². The fraction of sp³-hybridized carbons (Fsp3) is 0. The minimum absolute atomic E-state index is 0.194. The number of aromatic carboxylic acids is 1. The van der Waals surface area contributed by atoms with E-state index in [4.69, 9.17) is 5.11 Å². The maximum Gasteiger partial charge on any atom is 0.338 e. The Bertz CT molecular complexity index is 478. The second kappa shape index (κ2) is 2.55. The van der Waals surface area contributed by atoms with E-state index in [0.29, 0.717) is 5.52 Å². The highest BCUT2D eigenvalue weighted by atomic mass is 19.1. The van der Waals surface area contributed by atoms with E-state index in [1.54, 1.807) is 0 Å². The molecule has 2 aromatic rings. The molecule has 0 radical (unpaired) electrons. The smallest absolute Gasteiger partial charge is 0.338 e. The van der Waals surface area contributed by atoms with Crippen LogP contribution in [0.5, 0.6) is 0 Å². The summed E-state index contributed by atoms with van der Waals surface area (Å²) in [6.07, 6.45) is 1.26. The quantitative estimate of drug-likeness (QED) is 0.697. The summed E-state index contributed by atoms with van der Waals surface area (Å²) in [4.78, 5) is 10.5. The average Bonchev–Trinajstić information content (AvgIpc) is 2.52. The molecule has 0 aliphatic heterocycles. The van der Waals surface area contributed by atoms with Gasteiger partial charge in [0.25, 0.3) is 0 Å². The summed E-state index contributed by atoms with van der Waals surface area (Å²) >= 11 is 0. The number of carboxylic acids is 1. The molecule has 0 unspecified atom stereocenters. The van der Waals surface area contributed by atoms with Crippen LogP contribution in [0.2, 0.25) is 0 Å². The van der Waals surface area contributed by atoms with Crippen molar-refractivity contribution in [2.75, 3.05) is 0 Å². The van der Waals surface area contributed by atoms with Gasteiger partial charge in [-0.1, -0.05) is 0 Å². The van der Waals surface area contributed by atoms with Crippen molar-refractivity contribution in [1.29, 1.82) is 0 Å². The molecule has 1 aromatic heterocycles. The minimum atomic E-state index is -1.28. The Morgan fingerprint density at radius 3 is 3.00 bits per heavy atom. The van der Waals surface area contributed by atoms with E-state index >= 15 is 0 Å². The third-order valence-electron chi connectivity index (χ3n) is 1.79. The second-order valence-electron chi connectivity index (χ2n) is 2.56. The molecule has 0 aliphatic rings. The van der Waals surface area contributed by atoms with Crippen LogP contribution in [0.15, 0.2) is 18.3 Å². The first-order valence-corrected chi connectivity index (χ1v) is 3.55. The van der Waals surface area contributed by atoms with Crippen LogP contribution in [0.1, 0.15) is 10.4 Å². The number of hydrogen-bond acceptors (Lipinski definition) is 2. The van der Waals surface area contributed by atoms with Crippen molar-refractivity contribution in [3.8, 4) is 0 Å². The first kappa shape index (κ1) is 7.72. The zero-order chi connectivity index (χ0) is 9.42. The lowest BCUT2D eigenvalue weighted by atomic mass is 10.1. The summed E-state index contributed by atoms with van der Waals surface area (Å²) in [5.41, 5.74) is 0.149. The van der Waals surface area contributed by atoms with Gasteiger partial charge in [-0.25, -0.2) is 9.18 Å². The maximum absolute atomic E-state index is 13.3. The Morgan fingerprint density at radius 1 is 1.54 bits per heavy atom. The third kappa shape index (κ3) is 1.05. The number of benzene rings is 1. The van der Waals surface area contributed by atoms with E-state index < -0.39 is 11.8 Å². The zero-order valence-corrected chi connectivity index (χ0v) is 6.41. The van der Waals surface area contributed by atoms with Gasteiger partial charge in [-0.05, 0) is 12.1 Å². The van der Waals surface area contributed by atoms with E-state index in [-0.39, 0.29) is 10.9 Å². The topological polar surface area (TPSA) is 66.0 Å². The van der Waals surface area contributed by atoms with Crippen molar-refractivity contribution in [2.24, 2.45) is 0 Å². The van der Waals surface area contributed by atoms with Gasteiger partial charge in [0.05, 0.1) is 22.7 Å². The average molecular weight is 180 g/mol. The molecule has 0 saturated heterocycles. The Kier molecular flexibility index (Phi) is 1.51. The fourth-order valence-corrected chi connectivity index (χ4v) is 1.15. The molecule has 0 bridgehead atoms. The van der Waals surface area contributed by atoms with Gasteiger partial charge in [-0.15, -0.1) is 0 Å². The van der Waals surface area contributed by atoms with Crippen LogP contribution in [0.4, 0.5) is 4.39 Å². The van der Waals surface area contributed by atoms with Crippen LogP contribution in [-0.2, 0) is 0 Å². The van der Waals surface area contributed by atoms with Crippen LogP contribution in [-0.4, -0.2) is 21.3 Å². The van der Waals surface area contributed by atoms with Crippen LogP contribution >= 0.6 is 0 Å². The van der Waals surface area contributed by atoms with Gasteiger partial charge in [-0.2, -0.15) is 5.10 Å². The number of aromatic amines is 1. The van der Waals surface area contributed by atoms with E-state index in [0.717, 1.165) is 0 Å². The molecule has 0 amide bonds. The van der Waals surface area contributed by atoms with Crippen molar-refractivity contribution in [3.05, 3.63) is 29.7 Å². The first-order valence-electron chi connectivity index (χ1n) is 3.55. The Balaban J connectivity index is 2.80. The number of hydrogen-bond donors (Lipinski definition) is 2. The summed E-state index contributed by atoms with van der Waals surface area (Å²) in [5.74, 6) is -2.03. The van der Waals surface area contributed by atoms with Crippen molar-refractivity contribution in [3.63, 3.8) is 0 Å². The monoisotopic (exact) mass is 180 g/mol. The Hall–Kier alpha value is -1.91. The molecule has 0 saturated carbocycles. The Labute approximate surface area is 72.0 Å². The summed E-state index contributed by atoms with van der Waals surface area (Å²) in [6.45, 7) is 0. The molecule has 1 heterocycles. The third-order valence-corrected chi connectivity index (χ3v) is 1.79. The Morgan fingerprint density at radius 2 is 2.31 bits per heavy atom. The molecule has 2 N–H and O–H groups in total. The van der Waals surface area contributed by atoms with Gasteiger partial charge in [0.15, 0.2) is 0 Å². The predicted molar refractivity (Wildman–Crippen MR) is 43.0 cm³/mol. The zero-order valence-electron chi connectivity index (χ0n) is 6.41. The SMILES string of the molecule is O=C(O)c1ccc2[nH]ncc2c1F. The number of rotatable bonds is 1. The van der Waals surface area contributed by atoms with Gasteiger partial charge < -0.3 is 5.11 Å². The lowest BCUT2D eigenvalue weighted by molar-refractivity contribution is 0.0692. The van der Waals surface area contributed by atoms with Crippen molar-refractivity contribution in [1.82, 2.24) is 10.2 Å². The summed E-state index contributed by atoms with van der Waals surface area (Å²) in [6, 6.07) is 2.69. The van der Waals surface area contributed by atoms with Crippen molar-refractivity contribution >= 4 is 16.9 Å². The molecular formula is C8H5FN2O2. The molecule has 2 rings (SSSR count). The molecule has 0 fully saturated rings. The summed E-state index contributed by atoms with van der Waals surface area (Å²) in [5, 5.41) is 14.9. The van der Waals surface area contributed by atoms with Crippen molar-refractivity contribution in [2.45, 2.75) is 0 Å². The number of aromatic nitrogens is 2. The van der Waals surface area contributed by atoms with Gasteiger partial charge >= 0.3 is 5.97 Å². The number of H-pyrrole nitrogens is 1. The van der Waals surface area contributed by atoms with Crippen LogP contribution in [0.3, 0.4) is 0 Å². The summed E-state index contributed by atoms with van der Waals surface area (Å²) < 4.78 is 13.3. The number of nitrogens with one attached hydrogen (secondary N) is 1. The fourth-order valence-electron chi connectivity index (χ4n) is 1.15. The van der Waals surface area contributed by atoms with Crippen LogP contribution in [0.25, 0.3) is 10.9 Å². The summed E-state index contributed by atoms with van der Waals surface area (Å²) in [7, 11) is 0. The standard InChI is InChI=1S/C8H5FN2O2/c9-7-4(8(12)13)1-2-6-5(7)3-10-11-6/h1-3H,(H,10,11)(H,12,13). The molecule has 66 valence electrons. The molecule has 5 heteroatoms. The molecule has 4 nitrogen and oxygen atoms in total. The highest BCUT2D eigenvalue weighted by Gasteiger charge is 2.13. The largest absolute Gasteiger partial charge is 0.478 e. The highest BCUT2D eigenvalue weighted by Crippen LogP contribution is 2.18. The molecular weight excluding hydrogens is 175 g/mol. The van der Waals surface area contributed by atoms with Crippen LogP contribution in [0, 0.1) is 5.82 Å². The lowest BCUT2D eigenvalue weighted by Crippen LogP contribution is -1.99. The first-order chi connectivity index (χ1) is 6.20. The van der Waals surface area contributed by atoms with Gasteiger partial charge in [0.1, 0.15) is 5.82 Å². The van der Waals surface area contributed by atoms with Gasteiger partial charge in [0.2, 0.25) is 0 Å². The molecule has 0 spiro atoms. The highest BCUT2D eigenvalue weighted by molar-refractivity contribution is 5.93. The predicted octanol–water partition coefficient (Wildman–Crippen LogP) is 1.40. The van der Waals surface area contributed by atoms with E-state index in [9.17, 15) is 9.18 Å². The van der Waals surface area contributed by atoms with Crippen LogP contribution < -0.4 is 0 Å². The number of nitrogens with zero attached hydrogens (tertiary/aromatic N) is 1.